The molecule has 2 nitrogen and oxygen atoms in total. The van der Waals surface area contributed by atoms with Crippen molar-refractivity contribution in [1.82, 2.24) is 5.32 Å². The average molecular weight is 231 g/mol. The molecule has 1 aliphatic rings. The predicted octanol–water partition coefficient (Wildman–Crippen LogP) is 3.47. The van der Waals surface area contributed by atoms with Crippen molar-refractivity contribution in [2.45, 2.75) is 46.1 Å². The van der Waals surface area contributed by atoms with E-state index in [2.05, 4.69) is 38.2 Å². The van der Waals surface area contributed by atoms with Crippen LogP contribution in [0.15, 0.2) is 18.2 Å². The lowest BCUT2D eigenvalue weighted by Gasteiger charge is -2.22. The second kappa shape index (κ2) is 4.91. The molecule has 0 bridgehead atoms. The lowest BCUT2D eigenvalue weighted by Crippen LogP contribution is -2.12. The molecule has 2 heteroatoms. The number of fused-ring (bicyclic) bond motifs is 1. The third kappa shape index (κ3) is 2.21. The molecule has 0 fully saturated rings. The Morgan fingerprint density at radius 2 is 2.06 bits per heavy atom. The van der Waals surface area contributed by atoms with Crippen LogP contribution in [-0.4, -0.2) is 5.91 Å². The van der Waals surface area contributed by atoms with Gasteiger partial charge in [0, 0.05) is 12.1 Å². The van der Waals surface area contributed by atoms with Gasteiger partial charge < -0.3 is 5.32 Å². The van der Waals surface area contributed by atoms with Crippen molar-refractivity contribution >= 4 is 5.91 Å². The molecule has 17 heavy (non-hydrogen) atoms. The molecule has 1 amide bonds. The van der Waals surface area contributed by atoms with E-state index in [9.17, 15) is 4.79 Å². The van der Waals surface area contributed by atoms with Gasteiger partial charge in [0.2, 0.25) is 0 Å². The molecule has 0 aromatic heterocycles. The van der Waals surface area contributed by atoms with E-state index in [1.165, 1.54) is 12.0 Å². The minimum absolute atomic E-state index is 0.0724. The number of benzene rings is 1. The number of carbonyl (C=O) groups is 1. The van der Waals surface area contributed by atoms with Gasteiger partial charge in [0.25, 0.3) is 5.91 Å². The summed E-state index contributed by atoms with van der Waals surface area (Å²) in [5.74, 6) is 1.38. The summed E-state index contributed by atoms with van der Waals surface area (Å²) in [7, 11) is 0. The fourth-order valence-electron chi connectivity index (χ4n) is 2.73. The summed E-state index contributed by atoms with van der Waals surface area (Å²) in [6, 6.07) is 6.33. The van der Waals surface area contributed by atoms with E-state index in [-0.39, 0.29) is 5.91 Å². The first-order chi connectivity index (χ1) is 8.17. The summed E-state index contributed by atoms with van der Waals surface area (Å²) in [5, 5.41) is 2.87. The van der Waals surface area contributed by atoms with Crippen LogP contribution in [-0.2, 0) is 6.54 Å². The van der Waals surface area contributed by atoms with E-state index >= 15 is 0 Å². The number of nitrogens with one attached hydrogen (secondary N) is 1. The number of rotatable bonds is 4. The van der Waals surface area contributed by atoms with Gasteiger partial charge in [0.1, 0.15) is 0 Å². The monoisotopic (exact) mass is 231 g/mol. The van der Waals surface area contributed by atoms with E-state index in [0.717, 1.165) is 17.5 Å². The van der Waals surface area contributed by atoms with E-state index in [4.69, 9.17) is 0 Å². The van der Waals surface area contributed by atoms with Crippen molar-refractivity contribution < 1.29 is 4.79 Å². The third-order valence-electron chi connectivity index (χ3n) is 4.01. The van der Waals surface area contributed by atoms with Crippen molar-refractivity contribution in [3.8, 4) is 0 Å². The van der Waals surface area contributed by atoms with Crippen molar-refractivity contribution in [1.29, 1.82) is 0 Å². The minimum Gasteiger partial charge on any atom is -0.348 e. The summed E-state index contributed by atoms with van der Waals surface area (Å²) >= 11 is 0. The van der Waals surface area contributed by atoms with Gasteiger partial charge in [-0.25, -0.2) is 0 Å². The third-order valence-corrected chi connectivity index (χ3v) is 4.01. The molecule has 1 aliphatic heterocycles. The Labute approximate surface area is 103 Å². The van der Waals surface area contributed by atoms with Gasteiger partial charge in [-0.05, 0) is 35.4 Å². The molecule has 1 N–H and O–H groups in total. The van der Waals surface area contributed by atoms with Crippen LogP contribution < -0.4 is 5.32 Å². The summed E-state index contributed by atoms with van der Waals surface area (Å²) in [5.41, 5.74) is 3.40. The first kappa shape index (κ1) is 12.2. The fourth-order valence-corrected chi connectivity index (χ4v) is 2.73. The van der Waals surface area contributed by atoms with Gasteiger partial charge in [-0.2, -0.15) is 0 Å². The molecule has 0 radical (unpaired) electrons. The molecule has 2 unspecified atom stereocenters. The highest BCUT2D eigenvalue weighted by atomic mass is 16.1. The first-order valence-electron chi connectivity index (χ1n) is 6.58. The second-order valence-electron chi connectivity index (χ2n) is 5.00. The second-order valence-corrected chi connectivity index (χ2v) is 5.00. The molecule has 0 saturated heterocycles. The maximum atomic E-state index is 11.5. The van der Waals surface area contributed by atoms with Crippen LogP contribution in [0.1, 0.15) is 61.0 Å². The number of carbonyl (C=O) groups excluding carboxylic acids is 1. The van der Waals surface area contributed by atoms with Gasteiger partial charge >= 0.3 is 0 Å². The molecule has 92 valence electrons. The predicted molar refractivity (Wildman–Crippen MR) is 70.1 cm³/mol. The Balaban J connectivity index is 2.31. The van der Waals surface area contributed by atoms with E-state index in [0.29, 0.717) is 18.4 Å². The smallest absolute Gasteiger partial charge is 0.251 e. The van der Waals surface area contributed by atoms with Crippen LogP contribution in [0, 0.1) is 5.92 Å². The summed E-state index contributed by atoms with van der Waals surface area (Å²) in [4.78, 5) is 11.5. The molecule has 0 saturated carbocycles. The van der Waals surface area contributed by atoms with Crippen LogP contribution in [0.25, 0.3) is 0 Å². The number of hydrogen-bond donors (Lipinski definition) is 1. The van der Waals surface area contributed by atoms with Gasteiger partial charge in [0.15, 0.2) is 0 Å². The summed E-state index contributed by atoms with van der Waals surface area (Å²) < 4.78 is 0. The van der Waals surface area contributed by atoms with Crippen molar-refractivity contribution in [2.75, 3.05) is 0 Å². The molecule has 1 aromatic carbocycles. The Morgan fingerprint density at radius 3 is 2.71 bits per heavy atom. The Hall–Kier alpha value is -1.31. The Kier molecular flexibility index (Phi) is 3.51. The lowest BCUT2D eigenvalue weighted by atomic mass is 9.83. The standard InChI is InChI=1S/C15H21NO/c1-4-10(3)13(5-2)11-6-7-14-12(8-11)9-16-15(14)17/h6-8,10,13H,4-5,9H2,1-3H3,(H,16,17). The Morgan fingerprint density at radius 1 is 1.29 bits per heavy atom. The van der Waals surface area contributed by atoms with Gasteiger partial charge in [0.05, 0.1) is 0 Å². The zero-order valence-electron chi connectivity index (χ0n) is 10.9. The van der Waals surface area contributed by atoms with Crippen molar-refractivity contribution in [3.63, 3.8) is 0 Å². The molecule has 1 heterocycles. The van der Waals surface area contributed by atoms with E-state index < -0.39 is 0 Å². The van der Waals surface area contributed by atoms with Gasteiger partial charge in [-0.3, -0.25) is 4.79 Å². The van der Waals surface area contributed by atoms with E-state index in [1.54, 1.807) is 0 Å². The summed E-state index contributed by atoms with van der Waals surface area (Å²) in [6.07, 6.45) is 2.36. The molecular weight excluding hydrogens is 210 g/mol. The largest absolute Gasteiger partial charge is 0.348 e. The molecule has 0 spiro atoms. The Bertz CT molecular complexity index is 425. The topological polar surface area (TPSA) is 29.1 Å². The fraction of sp³-hybridized carbons (Fsp3) is 0.533. The van der Waals surface area contributed by atoms with Crippen LogP contribution >= 0.6 is 0 Å². The molecular formula is C15H21NO. The normalized spacial score (nSPS) is 17.5. The molecule has 2 atom stereocenters. The van der Waals surface area contributed by atoms with Crippen molar-refractivity contribution in [2.24, 2.45) is 5.92 Å². The maximum Gasteiger partial charge on any atom is 0.251 e. The van der Waals surface area contributed by atoms with Gasteiger partial charge in [-0.1, -0.05) is 39.3 Å². The molecule has 0 aliphatic carbocycles. The highest BCUT2D eigenvalue weighted by Gasteiger charge is 2.22. The SMILES string of the molecule is CCC(C)C(CC)c1ccc2c(c1)CNC2=O. The zero-order chi connectivity index (χ0) is 12.4. The molecule has 1 aromatic rings. The van der Waals surface area contributed by atoms with Crippen LogP contribution in [0.3, 0.4) is 0 Å². The molecule has 2 rings (SSSR count). The number of hydrogen-bond acceptors (Lipinski definition) is 1. The van der Waals surface area contributed by atoms with Crippen LogP contribution in [0.4, 0.5) is 0 Å². The van der Waals surface area contributed by atoms with E-state index in [1.807, 2.05) is 6.07 Å². The zero-order valence-corrected chi connectivity index (χ0v) is 10.9. The first-order valence-corrected chi connectivity index (χ1v) is 6.58. The van der Waals surface area contributed by atoms with Crippen LogP contribution in [0.2, 0.25) is 0 Å². The van der Waals surface area contributed by atoms with Crippen molar-refractivity contribution in [3.05, 3.63) is 34.9 Å². The quantitative estimate of drug-likeness (QED) is 0.844. The van der Waals surface area contributed by atoms with Crippen LogP contribution in [0.5, 0.6) is 0 Å². The highest BCUT2D eigenvalue weighted by Crippen LogP contribution is 2.31. The minimum atomic E-state index is 0.0724. The number of amides is 1. The average Bonchev–Trinajstić information content (AvgIpc) is 2.71. The maximum absolute atomic E-state index is 11.5. The van der Waals surface area contributed by atoms with Gasteiger partial charge in [-0.15, -0.1) is 0 Å². The lowest BCUT2D eigenvalue weighted by molar-refractivity contribution is 0.0966. The summed E-state index contributed by atoms with van der Waals surface area (Å²) in [6.45, 7) is 7.49. The highest BCUT2D eigenvalue weighted by molar-refractivity contribution is 5.98.